The van der Waals surface area contributed by atoms with Crippen LogP contribution >= 0.6 is 0 Å². The molecular formula is C10H19N3O3. The van der Waals surface area contributed by atoms with E-state index in [2.05, 4.69) is 10.6 Å². The highest BCUT2D eigenvalue weighted by Gasteiger charge is 2.31. The summed E-state index contributed by atoms with van der Waals surface area (Å²) in [5, 5.41) is 14.9. The van der Waals surface area contributed by atoms with Crippen LogP contribution in [0, 0.1) is 0 Å². The van der Waals surface area contributed by atoms with Crippen molar-refractivity contribution in [2.24, 2.45) is 5.73 Å². The summed E-state index contributed by atoms with van der Waals surface area (Å²) in [5.74, 6) is -0.670. The van der Waals surface area contributed by atoms with E-state index in [0.717, 1.165) is 25.7 Å². The Hall–Kier alpha value is -1.14. The molecule has 6 nitrogen and oxygen atoms in total. The zero-order chi connectivity index (χ0) is 12.0. The van der Waals surface area contributed by atoms with Gasteiger partial charge in [0.1, 0.15) is 0 Å². The summed E-state index contributed by atoms with van der Waals surface area (Å²) in [6, 6.07) is 0. The Morgan fingerprint density at radius 3 is 2.38 bits per heavy atom. The summed E-state index contributed by atoms with van der Waals surface area (Å²) in [6.45, 7) is 0.0354. The molecule has 0 atom stereocenters. The maximum absolute atomic E-state index is 11.3. The zero-order valence-corrected chi connectivity index (χ0v) is 9.29. The summed E-state index contributed by atoms with van der Waals surface area (Å²) >= 11 is 0. The molecule has 1 saturated carbocycles. The van der Waals surface area contributed by atoms with E-state index in [1.807, 2.05) is 0 Å². The van der Waals surface area contributed by atoms with Gasteiger partial charge < -0.3 is 21.5 Å². The van der Waals surface area contributed by atoms with Crippen molar-refractivity contribution in [2.75, 3.05) is 19.6 Å². The fraction of sp³-hybridized carbons (Fsp3) is 0.800. The topological polar surface area (TPSA) is 104 Å². The van der Waals surface area contributed by atoms with Crippen molar-refractivity contribution in [3.05, 3.63) is 0 Å². The van der Waals surface area contributed by atoms with E-state index in [-0.39, 0.29) is 31.4 Å². The van der Waals surface area contributed by atoms with Crippen LogP contribution in [-0.2, 0) is 9.59 Å². The molecule has 6 heteroatoms. The molecule has 1 aliphatic rings. The monoisotopic (exact) mass is 229 g/mol. The Morgan fingerprint density at radius 2 is 1.81 bits per heavy atom. The van der Waals surface area contributed by atoms with Crippen molar-refractivity contribution >= 4 is 11.8 Å². The third-order valence-electron chi connectivity index (χ3n) is 2.78. The largest absolute Gasteiger partial charge is 0.388 e. The lowest BCUT2D eigenvalue weighted by atomic mass is 10.0. The third kappa shape index (κ3) is 4.16. The molecule has 1 fully saturated rings. The van der Waals surface area contributed by atoms with E-state index in [4.69, 9.17) is 5.73 Å². The van der Waals surface area contributed by atoms with E-state index < -0.39 is 5.60 Å². The molecule has 0 aromatic carbocycles. The lowest BCUT2D eigenvalue weighted by molar-refractivity contribution is -0.126. The molecule has 0 aromatic heterocycles. The molecule has 2 amide bonds. The van der Waals surface area contributed by atoms with Gasteiger partial charge >= 0.3 is 0 Å². The van der Waals surface area contributed by atoms with Crippen LogP contribution in [0.4, 0.5) is 0 Å². The van der Waals surface area contributed by atoms with Crippen LogP contribution in [0.3, 0.4) is 0 Å². The molecule has 5 N–H and O–H groups in total. The first kappa shape index (κ1) is 12.9. The van der Waals surface area contributed by atoms with Crippen molar-refractivity contribution in [2.45, 2.75) is 31.3 Å². The number of carbonyl (C=O) groups is 2. The first-order valence-corrected chi connectivity index (χ1v) is 5.51. The highest BCUT2D eigenvalue weighted by atomic mass is 16.3. The van der Waals surface area contributed by atoms with Crippen molar-refractivity contribution in [1.29, 1.82) is 0 Å². The fourth-order valence-electron chi connectivity index (χ4n) is 1.79. The number of carbonyl (C=O) groups excluding carboxylic acids is 2. The van der Waals surface area contributed by atoms with Crippen LogP contribution in [0.5, 0.6) is 0 Å². The highest BCUT2D eigenvalue weighted by Crippen LogP contribution is 2.28. The van der Waals surface area contributed by atoms with Crippen LogP contribution in [0.1, 0.15) is 25.7 Å². The average Bonchev–Trinajstić information content (AvgIpc) is 2.71. The maximum Gasteiger partial charge on any atom is 0.239 e. The van der Waals surface area contributed by atoms with Gasteiger partial charge in [-0.3, -0.25) is 9.59 Å². The van der Waals surface area contributed by atoms with Crippen molar-refractivity contribution in [3.8, 4) is 0 Å². The lowest BCUT2D eigenvalue weighted by Gasteiger charge is -2.22. The Kier molecular flexibility index (Phi) is 4.70. The standard InChI is InChI=1S/C10H19N3O3/c11-5-8(14)12-6-9(15)13-7-10(16)3-1-2-4-10/h16H,1-7,11H2,(H,12,14)(H,13,15). The predicted molar refractivity (Wildman–Crippen MR) is 58.5 cm³/mol. The fourth-order valence-corrected chi connectivity index (χ4v) is 1.79. The van der Waals surface area contributed by atoms with Gasteiger partial charge in [-0.2, -0.15) is 0 Å². The van der Waals surface area contributed by atoms with Gasteiger partial charge in [0.2, 0.25) is 11.8 Å². The molecule has 1 aliphatic carbocycles. The summed E-state index contributed by atoms with van der Waals surface area (Å²) < 4.78 is 0. The Balaban J connectivity index is 2.17. The number of nitrogens with one attached hydrogen (secondary N) is 2. The first-order chi connectivity index (χ1) is 7.56. The molecule has 0 aromatic rings. The zero-order valence-electron chi connectivity index (χ0n) is 9.29. The molecule has 0 aliphatic heterocycles. The van der Waals surface area contributed by atoms with Crippen molar-refractivity contribution in [3.63, 3.8) is 0 Å². The van der Waals surface area contributed by atoms with Crippen molar-refractivity contribution in [1.82, 2.24) is 10.6 Å². The van der Waals surface area contributed by atoms with Crippen LogP contribution in [0.15, 0.2) is 0 Å². The molecule has 0 spiro atoms. The maximum atomic E-state index is 11.3. The van der Waals surface area contributed by atoms with Gasteiger partial charge in [0.25, 0.3) is 0 Å². The summed E-state index contributed by atoms with van der Waals surface area (Å²) in [5.41, 5.74) is 4.31. The van der Waals surface area contributed by atoms with Gasteiger partial charge in [-0.25, -0.2) is 0 Å². The van der Waals surface area contributed by atoms with E-state index in [9.17, 15) is 14.7 Å². The van der Waals surface area contributed by atoms with Gasteiger partial charge in [-0.05, 0) is 12.8 Å². The molecule has 92 valence electrons. The first-order valence-electron chi connectivity index (χ1n) is 5.51. The number of hydrogen-bond acceptors (Lipinski definition) is 4. The molecule has 0 bridgehead atoms. The number of amides is 2. The Bertz CT molecular complexity index is 262. The second-order valence-corrected chi connectivity index (χ2v) is 4.19. The quantitative estimate of drug-likeness (QED) is 0.459. The number of nitrogens with two attached hydrogens (primary N) is 1. The predicted octanol–water partition coefficient (Wildman–Crippen LogP) is -1.52. The van der Waals surface area contributed by atoms with E-state index >= 15 is 0 Å². The summed E-state index contributed by atoms with van der Waals surface area (Å²) in [6.07, 6.45) is 3.44. The van der Waals surface area contributed by atoms with E-state index in [0.29, 0.717) is 0 Å². The van der Waals surface area contributed by atoms with Gasteiger partial charge in [0, 0.05) is 6.54 Å². The minimum absolute atomic E-state index is 0.0912. The van der Waals surface area contributed by atoms with Crippen LogP contribution in [-0.4, -0.2) is 42.2 Å². The van der Waals surface area contributed by atoms with Crippen LogP contribution in [0.25, 0.3) is 0 Å². The molecular weight excluding hydrogens is 210 g/mol. The minimum Gasteiger partial charge on any atom is -0.388 e. The van der Waals surface area contributed by atoms with Crippen molar-refractivity contribution < 1.29 is 14.7 Å². The smallest absolute Gasteiger partial charge is 0.239 e. The number of aliphatic hydroxyl groups is 1. The van der Waals surface area contributed by atoms with Gasteiger partial charge in [-0.15, -0.1) is 0 Å². The second-order valence-electron chi connectivity index (χ2n) is 4.19. The van der Waals surface area contributed by atoms with Gasteiger partial charge in [0.05, 0.1) is 18.7 Å². The molecule has 1 rings (SSSR count). The molecule has 0 unspecified atom stereocenters. The number of rotatable bonds is 5. The highest BCUT2D eigenvalue weighted by molar-refractivity contribution is 5.85. The molecule has 16 heavy (non-hydrogen) atoms. The molecule has 0 radical (unpaired) electrons. The normalized spacial score (nSPS) is 18.1. The SMILES string of the molecule is NCC(=O)NCC(=O)NCC1(O)CCCC1. The average molecular weight is 229 g/mol. The van der Waals surface area contributed by atoms with Crippen LogP contribution < -0.4 is 16.4 Å². The third-order valence-corrected chi connectivity index (χ3v) is 2.78. The Labute approximate surface area is 94.6 Å². The van der Waals surface area contributed by atoms with E-state index in [1.54, 1.807) is 0 Å². The van der Waals surface area contributed by atoms with Gasteiger partial charge in [-0.1, -0.05) is 12.8 Å². The summed E-state index contributed by atoms with van der Waals surface area (Å²) in [4.78, 5) is 22.1. The van der Waals surface area contributed by atoms with E-state index in [1.165, 1.54) is 0 Å². The van der Waals surface area contributed by atoms with Crippen LogP contribution in [0.2, 0.25) is 0 Å². The van der Waals surface area contributed by atoms with Gasteiger partial charge in [0.15, 0.2) is 0 Å². The molecule has 0 saturated heterocycles. The summed E-state index contributed by atoms with van der Waals surface area (Å²) in [7, 11) is 0. The number of hydrogen-bond donors (Lipinski definition) is 4. The Morgan fingerprint density at radius 1 is 1.19 bits per heavy atom. The lowest BCUT2D eigenvalue weighted by Crippen LogP contribution is -2.45. The second kappa shape index (κ2) is 5.81. The minimum atomic E-state index is -0.756. The molecule has 0 heterocycles.